The topological polar surface area (TPSA) is 59.8 Å². The smallest absolute Gasteiger partial charge is 0.234 e. The minimum atomic E-state index is -0.457. The zero-order valence-electron chi connectivity index (χ0n) is 15.4. The summed E-state index contributed by atoms with van der Waals surface area (Å²) in [4.78, 5) is 12.1. The highest BCUT2D eigenvalue weighted by molar-refractivity contribution is 7.99. The number of nitrogens with zero attached hydrogens (tertiary/aromatic N) is 3. The molecule has 0 aliphatic carbocycles. The monoisotopic (exact) mass is 384 g/mol. The number of aromatic nitrogens is 3. The Balaban J connectivity index is 1.65. The van der Waals surface area contributed by atoms with Crippen LogP contribution in [-0.2, 0) is 11.8 Å². The number of carbonyl (C=O) groups excluding carboxylic acids is 1. The molecule has 7 heteroatoms. The Bertz CT molecular complexity index is 937. The van der Waals surface area contributed by atoms with Gasteiger partial charge in [-0.05, 0) is 23.6 Å². The molecule has 0 fully saturated rings. The molecule has 27 heavy (non-hydrogen) atoms. The minimum Gasteiger partial charge on any atom is -0.323 e. The lowest BCUT2D eigenvalue weighted by atomic mass is 10.0. The van der Waals surface area contributed by atoms with Crippen molar-refractivity contribution in [3.8, 4) is 11.4 Å². The molecule has 0 unspecified atom stereocenters. The van der Waals surface area contributed by atoms with E-state index in [9.17, 15) is 9.18 Å². The van der Waals surface area contributed by atoms with Crippen LogP contribution in [0.4, 0.5) is 10.1 Å². The molecule has 0 atom stereocenters. The lowest BCUT2D eigenvalue weighted by molar-refractivity contribution is -0.113. The molecule has 2 aromatic carbocycles. The number of nitrogens with one attached hydrogen (secondary N) is 1. The third-order valence-electron chi connectivity index (χ3n) is 4.15. The van der Waals surface area contributed by atoms with Gasteiger partial charge in [0.05, 0.1) is 11.4 Å². The second kappa shape index (κ2) is 8.35. The number of hydrogen-bond acceptors (Lipinski definition) is 4. The van der Waals surface area contributed by atoms with Crippen LogP contribution < -0.4 is 5.32 Å². The van der Waals surface area contributed by atoms with Crippen molar-refractivity contribution in [1.82, 2.24) is 14.8 Å². The summed E-state index contributed by atoms with van der Waals surface area (Å²) < 4.78 is 15.5. The van der Waals surface area contributed by atoms with Crippen LogP contribution in [0, 0.1) is 5.82 Å². The van der Waals surface area contributed by atoms with E-state index < -0.39 is 5.82 Å². The molecule has 0 saturated heterocycles. The van der Waals surface area contributed by atoms with Crippen LogP contribution in [0.1, 0.15) is 25.3 Å². The van der Waals surface area contributed by atoms with Gasteiger partial charge >= 0.3 is 0 Å². The van der Waals surface area contributed by atoms with Gasteiger partial charge in [-0.15, -0.1) is 10.2 Å². The molecule has 1 aromatic heterocycles. The van der Waals surface area contributed by atoms with Crippen molar-refractivity contribution < 1.29 is 9.18 Å². The van der Waals surface area contributed by atoms with Crippen molar-refractivity contribution in [2.24, 2.45) is 7.05 Å². The predicted octanol–water partition coefficient (Wildman–Crippen LogP) is 4.48. The maximum Gasteiger partial charge on any atom is 0.234 e. The number of rotatable bonds is 6. The summed E-state index contributed by atoms with van der Waals surface area (Å²) in [7, 11) is 1.86. The van der Waals surface area contributed by atoms with Gasteiger partial charge in [0.2, 0.25) is 5.91 Å². The highest BCUT2D eigenvalue weighted by Crippen LogP contribution is 2.24. The van der Waals surface area contributed by atoms with Gasteiger partial charge in [0.1, 0.15) is 5.82 Å². The molecule has 1 N–H and O–H groups in total. The molecule has 140 valence electrons. The van der Waals surface area contributed by atoms with E-state index >= 15 is 0 Å². The average molecular weight is 384 g/mol. The van der Waals surface area contributed by atoms with Crippen LogP contribution in [0.3, 0.4) is 0 Å². The number of para-hydroxylation sites is 1. The van der Waals surface area contributed by atoms with Crippen LogP contribution in [0.5, 0.6) is 0 Å². The first kappa shape index (κ1) is 19.1. The van der Waals surface area contributed by atoms with Crippen molar-refractivity contribution in [3.63, 3.8) is 0 Å². The Morgan fingerprint density at radius 2 is 1.85 bits per heavy atom. The summed E-state index contributed by atoms with van der Waals surface area (Å²) in [6.07, 6.45) is 0. The lowest BCUT2D eigenvalue weighted by Gasteiger charge is -2.08. The van der Waals surface area contributed by atoms with Crippen molar-refractivity contribution in [3.05, 3.63) is 59.9 Å². The van der Waals surface area contributed by atoms with Gasteiger partial charge in [-0.25, -0.2) is 4.39 Å². The maximum atomic E-state index is 13.6. The van der Waals surface area contributed by atoms with Gasteiger partial charge in [-0.3, -0.25) is 4.79 Å². The first-order chi connectivity index (χ1) is 13.0. The maximum absolute atomic E-state index is 13.6. The predicted molar refractivity (Wildman–Crippen MR) is 106 cm³/mol. The summed E-state index contributed by atoms with van der Waals surface area (Å²) in [6.45, 7) is 4.30. The van der Waals surface area contributed by atoms with Crippen molar-refractivity contribution in [1.29, 1.82) is 0 Å². The molecule has 0 spiro atoms. The Morgan fingerprint density at radius 3 is 2.52 bits per heavy atom. The van der Waals surface area contributed by atoms with Gasteiger partial charge in [0, 0.05) is 12.6 Å². The van der Waals surface area contributed by atoms with E-state index in [4.69, 9.17) is 0 Å². The van der Waals surface area contributed by atoms with Crippen LogP contribution in [0.15, 0.2) is 53.7 Å². The summed E-state index contributed by atoms with van der Waals surface area (Å²) >= 11 is 1.26. The SMILES string of the molecule is CC(C)c1ccc(-c2nnc(SCC(=O)Nc3ccccc3F)n2C)cc1. The van der Waals surface area contributed by atoms with E-state index in [0.717, 1.165) is 11.4 Å². The van der Waals surface area contributed by atoms with E-state index in [1.54, 1.807) is 12.1 Å². The number of benzene rings is 2. The molecule has 3 rings (SSSR count). The lowest BCUT2D eigenvalue weighted by Crippen LogP contribution is -2.15. The first-order valence-electron chi connectivity index (χ1n) is 8.62. The van der Waals surface area contributed by atoms with Crippen molar-refractivity contribution in [2.45, 2.75) is 24.9 Å². The molecule has 0 aliphatic heterocycles. The summed E-state index contributed by atoms with van der Waals surface area (Å²) in [5.74, 6) is 0.574. The molecular formula is C20H21FN4OS. The van der Waals surface area contributed by atoms with Crippen LogP contribution in [-0.4, -0.2) is 26.4 Å². The number of thioether (sulfide) groups is 1. The molecule has 0 saturated carbocycles. The standard InChI is InChI=1S/C20H21FN4OS/c1-13(2)14-8-10-15(11-9-14)19-23-24-20(25(19)3)27-12-18(26)22-17-7-5-4-6-16(17)21/h4-11,13H,12H2,1-3H3,(H,22,26). The molecule has 3 aromatic rings. The molecular weight excluding hydrogens is 363 g/mol. The fraction of sp³-hybridized carbons (Fsp3) is 0.250. The first-order valence-corrected chi connectivity index (χ1v) is 9.61. The molecule has 5 nitrogen and oxygen atoms in total. The Labute approximate surface area is 162 Å². The summed E-state index contributed by atoms with van der Waals surface area (Å²) in [5, 5.41) is 11.6. The van der Waals surface area contributed by atoms with Gasteiger partial charge in [0.25, 0.3) is 0 Å². The quantitative estimate of drug-likeness (QED) is 0.637. The highest BCUT2D eigenvalue weighted by atomic mass is 32.2. The van der Waals surface area contributed by atoms with Gasteiger partial charge in [0.15, 0.2) is 11.0 Å². The van der Waals surface area contributed by atoms with Crippen LogP contribution in [0.2, 0.25) is 0 Å². The number of anilines is 1. The van der Waals surface area contributed by atoms with Gasteiger partial charge in [-0.2, -0.15) is 0 Å². The zero-order chi connectivity index (χ0) is 19.4. The second-order valence-electron chi connectivity index (χ2n) is 6.46. The van der Waals surface area contributed by atoms with E-state index in [1.165, 1.54) is 29.5 Å². The normalized spacial score (nSPS) is 11.0. The fourth-order valence-electron chi connectivity index (χ4n) is 2.59. The van der Waals surface area contributed by atoms with Crippen molar-refractivity contribution in [2.75, 3.05) is 11.1 Å². The third kappa shape index (κ3) is 4.54. The average Bonchev–Trinajstić information content (AvgIpc) is 3.02. The van der Waals surface area contributed by atoms with E-state index in [1.807, 2.05) is 23.7 Å². The largest absolute Gasteiger partial charge is 0.323 e. The zero-order valence-corrected chi connectivity index (χ0v) is 16.3. The van der Waals surface area contributed by atoms with E-state index in [0.29, 0.717) is 11.1 Å². The Hall–Kier alpha value is -2.67. The summed E-state index contributed by atoms with van der Waals surface area (Å²) in [5.41, 5.74) is 2.41. The van der Waals surface area contributed by atoms with Gasteiger partial charge < -0.3 is 9.88 Å². The number of hydrogen-bond donors (Lipinski definition) is 1. The second-order valence-corrected chi connectivity index (χ2v) is 7.40. The number of halogens is 1. The fourth-order valence-corrected chi connectivity index (χ4v) is 3.30. The molecule has 1 heterocycles. The van der Waals surface area contributed by atoms with Crippen LogP contribution in [0.25, 0.3) is 11.4 Å². The summed E-state index contributed by atoms with van der Waals surface area (Å²) in [6, 6.07) is 14.3. The van der Waals surface area contributed by atoms with Crippen LogP contribution >= 0.6 is 11.8 Å². The number of carbonyl (C=O) groups is 1. The van der Waals surface area contributed by atoms with E-state index in [2.05, 4.69) is 41.5 Å². The number of amides is 1. The third-order valence-corrected chi connectivity index (χ3v) is 5.17. The molecule has 0 radical (unpaired) electrons. The van der Waals surface area contributed by atoms with Gasteiger partial charge in [-0.1, -0.05) is 62.0 Å². The Kier molecular flexibility index (Phi) is 5.91. The minimum absolute atomic E-state index is 0.118. The van der Waals surface area contributed by atoms with Crippen molar-refractivity contribution >= 4 is 23.4 Å². The molecule has 0 aliphatic rings. The highest BCUT2D eigenvalue weighted by Gasteiger charge is 2.14. The van der Waals surface area contributed by atoms with E-state index in [-0.39, 0.29) is 17.3 Å². The molecule has 1 amide bonds. The Morgan fingerprint density at radius 1 is 1.15 bits per heavy atom. The molecule has 0 bridgehead atoms.